The van der Waals surface area contributed by atoms with Gasteiger partial charge in [0, 0.05) is 17.5 Å². The average molecular weight is 438 g/mol. The van der Waals surface area contributed by atoms with E-state index in [9.17, 15) is 9.35 Å². The summed E-state index contributed by atoms with van der Waals surface area (Å²) < 4.78 is 17.6. The number of aromatic amines is 1. The molecule has 1 aliphatic carbocycles. The second-order valence-corrected chi connectivity index (χ2v) is 9.33. The molecule has 1 heterocycles. The van der Waals surface area contributed by atoms with E-state index >= 15 is 0 Å². The smallest absolute Gasteiger partial charge is 0.254 e. The molecule has 7 heteroatoms. The summed E-state index contributed by atoms with van der Waals surface area (Å²) in [5, 5.41) is 3.41. The van der Waals surface area contributed by atoms with Crippen molar-refractivity contribution in [2.45, 2.75) is 37.8 Å². The highest BCUT2D eigenvalue weighted by Gasteiger charge is 2.33. The number of aromatic nitrogens is 2. The Morgan fingerprint density at radius 3 is 2.81 bits per heavy atom. The molecule has 1 aliphatic rings. The molecule has 162 valence electrons. The summed E-state index contributed by atoms with van der Waals surface area (Å²) in [7, 11) is 0. The van der Waals surface area contributed by atoms with Crippen molar-refractivity contribution in [3.8, 4) is 5.75 Å². The van der Waals surface area contributed by atoms with Crippen molar-refractivity contribution in [1.29, 1.82) is 0 Å². The molecule has 0 saturated carbocycles. The molecule has 6 nitrogen and oxygen atoms in total. The number of H-pyrrole nitrogens is 1. The van der Waals surface area contributed by atoms with E-state index in [1.54, 1.807) is 6.26 Å². The minimum absolute atomic E-state index is 0.0471. The molecule has 0 bridgehead atoms. The molecule has 0 fully saturated rings. The van der Waals surface area contributed by atoms with Gasteiger partial charge in [0.05, 0.1) is 18.3 Å². The van der Waals surface area contributed by atoms with Crippen molar-refractivity contribution in [3.05, 3.63) is 93.7 Å². The zero-order valence-electron chi connectivity index (χ0n) is 17.5. The van der Waals surface area contributed by atoms with Gasteiger partial charge >= 0.3 is 0 Å². The zero-order valence-corrected chi connectivity index (χ0v) is 18.4. The van der Waals surface area contributed by atoms with Crippen molar-refractivity contribution in [2.24, 2.45) is 0 Å². The van der Waals surface area contributed by atoms with Crippen molar-refractivity contribution in [3.63, 3.8) is 0 Å². The molecular formula is C24H27N3O3S. The number of aryl methyl sites for hydroxylation is 1. The van der Waals surface area contributed by atoms with Gasteiger partial charge in [0.15, 0.2) is 5.88 Å². The predicted molar refractivity (Wildman–Crippen MR) is 123 cm³/mol. The lowest BCUT2D eigenvalue weighted by molar-refractivity contribution is 0.305. The third kappa shape index (κ3) is 5.55. The first-order valence-corrected chi connectivity index (χ1v) is 12.2. The normalized spacial score (nSPS) is 18.9. The van der Waals surface area contributed by atoms with E-state index in [-0.39, 0.29) is 17.5 Å². The maximum Gasteiger partial charge on any atom is 0.254 e. The van der Waals surface area contributed by atoms with Gasteiger partial charge in [0.25, 0.3) is 5.56 Å². The third-order valence-corrected chi connectivity index (χ3v) is 6.24. The van der Waals surface area contributed by atoms with Crippen LogP contribution in [0.3, 0.4) is 0 Å². The molecule has 0 spiro atoms. The Hall–Kier alpha value is -2.61. The Kier molecular flexibility index (Phi) is 7.06. The predicted octanol–water partition coefficient (Wildman–Crippen LogP) is 2.92. The second kappa shape index (κ2) is 10.1. The maximum absolute atomic E-state index is 12.7. The van der Waals surface area contributed by atoms with Gasteiger partial charge in [0.1, 0.15) is 12.4 Å². The average Bonchev–Trinajstić information content (AvgIpc) is 2.78. The molecule has 3 atom stereocenters. The third-order valence-electron chi connectivity index (χ3n) is 5.67. The molecule has 1 aromatic heterocycles. The number of hydrogen-bond donors (Lipinski definition) is 2. The van der Waals surface area contributed by atoms with Crippen molar-refractivity contribution >= 4 is 11.2 Å². The first kappa shape index (κ1) is 21.6. The summed E-state index contributed by atoms with van der Waals surface area (Å²) in [4.78, 5) is 19.8. The van der Waals surface area contributed by atoms with Crippen LogP contribution in [-0.4, -0.2) is 32.7 Å². The quantitative estimate of drug-likeness (QED) is 0.529. The van der Waals surface area contributed by atoms with Crippen LogP contribution >= 0.6 is 0 Å². The first-order chi connectivity index (χ1) is 15.1. The van der Waals surface area contributed by atoms with Gasteiger partial charge in [-0.3, -0.25) is 10.1 Å². The van der Waals surface area contributed by atoms with Gasteiger partial charge in [-0.1, -0.05) is 42.5 Å². The number of rotatable bonds is 8. The summed E-state index contributed by atoms with van der Waals surface area (Å²) in [6.07, 6.45) is 5.43. The van der Waals surface area contributed by atoms with Gasteiger partial charge in [0.2, 0.25) is 0 Å². The number of nitrogens with one attached hydrogen (secondary N) is 2. The van der Waals surface area contributed by atoms with Crippen LogP contribution in [0.2, 0.25) is 0 Å². The van der Waals surface area contributed by atoms with Crippen LogP contribution in [0.5, 0.6) is 5.75 Å². The molecule has 0 saturated heterocycles. The summed E-state index contributed by atoms with van der Waals surface area (Å²) in [5.74, 6) is 1.17. The maximum atomic E-state index is 12.7. The number of benzene rings is 2. The standard InChI is InChI=1S/C24H27N3O3S/c1-31(29)16-27-21-10-11-22-23(24(28)26-15-25-22)20(21)13-18-8-5-9-19(12-18)30-14-17-6-3-2-4-7-17/h2-9,12,15,20-21,27H,10-11,13-14,16H2,1H3,(H,25,26,28). The van der Waals surface area contributed by atoms with Gasteiger partial charge in [-0.2, -0.15) is 0 Å². The lowest BCUT2D eigenvalue weighted by atomic mass is 9.78. The van der Waals surface area contributed by atoms with Gasteiger partial charge in [-0.05, 0) is 53.7 Å². The lowest BCUT2D eigenvalue weighted by Crippen LogP contribution is -2.44. The Morgan fingerprint density at radius 1 is 1.19 bits per heavy atom. The molecular weight excluding hydrogens is 410 g/mol. The molecule has 2 aromatic carbocycles. The van der Waals surface area contributed by atoms with E-state index in [0.717, 1.165) is 41.0 Å². The highest BCUT2D eigenvalue weighted by atomic mass is 32.2. The lowest BCUT2D eigenvalue weighted by Gasteiger charge is -2.33. The van der Waals surface area contributed by atoms with Crippen LogP contribution in [0.4, 0.5) is 0 Å². The molecule has 3 unspecified atom stereocenters. The fourth-order valence-corrected chi connectivity index (χ4v) is 4.64. The number of hydrogen-bond acceptors (Lipinski definition) is 5. The Bertz CT molecular complexity index is 1060. The first-order valence-electron chi connectivity index (χ1n) is 10.5. The van der Waals surface area contributed by atoms with E-state index in [2.05, 4.69) is 21.4 Å². The van der Waals surface area contributed by atoms with E-state index in [4.69, 9.17) is 4.74 Å². The number of nitrogens with zero attached hydrogens (tertiary/aromatic N) is 1. The minimum atomic E-state index is -0.949. The van der Waals surface area contributed by atoms with Gasteiger partial charge < -0.3 is 14.3 Å². The molecule has 0 amide bonds. The summed E-state index contributed by atoms with van der Waals surface area (Å²) in [6.45, 7) is 0.507. The largest absolute Gasteiger partial charge is 0.616 e. The van der Waals surface area contributed by atoms with Crippen molar-refractivity contribution < 1.29 is 9.29 Å². The van der Waals surface area contributed by atoms with Gasteiger partial charge in [-0.15, -0.1) is 0 Å². The van der Waals surface area contributed by atoms with Crippen molar-refractivity contribution in [2.75, 3.05) is 12.1 Å². The Morgan fingerprint density at radius 2 is 2.00 bits per heavy atom. The molecule has 3 aromatic rings. The van der Waals surface area contributed by atoms with Gasteiger partial charge in [-0.25, -0.2) is 4.98 Å². The van der Waals surface area contributed by atoms with Crippen LogP contribution in [0, 0.1) is 0 Å². The monoisotopic (exact) mass is 437 g/mol. The van der Waals surface area contributed by atoms with Crippen LogP contribution in [0.25, 0.3) is 0 Å². The van der Waals surface area contributed by atoms with Crippen LogP contribution in [0.1, 0.15) is 34.7 Å². The van der Waals surface area contributed by atoms with Crippen LogP contribution in [-0.2, 0) is 30.6 Å². The highest BCUT2D eigenvalue weighted by molar-refractivity contribution is 7.90. The Balaban J connectivity index is 1.54. The molecule has 2 N–H and O–H groups in total. The van der Waals surface area contributed by atoms with Crippen molar-refractivity contribution in [1.82, 2.24) is 15.3 Å². The molecule has 31 heavy (non-hydrogen) atoms. The van der Waals surface area contributed by atoms with E-state index in [1.807, 2.05) is 48.5 Å². The molecule has 4 rings (SSSR count). The van der Waals surface area contributed by atoms with E-state index in [0.29, 0.717) is 18.9 Å². The SMILES string of the molecule is C[S+]([O-])CNC1CCc2nc[nH]c(=O)c2C1Cc1cccc(OCc2ccccc2)c1. The fraction of sp³-hybridized carbons (Fsp3) is 0.333. The summed E-state index contributed by atoms with van der Waals surface area (Å²) >= 11 is -0.949. The molecule has 0 aliphatic heterocycles. The highest BCUT2D eigenvalue weighted by Crippen LogP contribution is 2.32. The summed E-state index contributed by atoms with van der Waals surface area (Å²) in [5.41, 5.74) is 3.72. The fourth-order valence-electron chi connectivity index (χ4n) is 4.19. The minimum Gasteiger partial charge on any atom is -0.616 e. The second-order valence-electron chi connectivity index (χ2n) is 7.89. The van der Waals surface area contributed by atoms with E-state index < -0.39 is 11.2 Å². The topological polar surface area (TPSA) is 90.1 Å². The van der Waals surface area contributed by atoms with E-state index in [1.165, 1.54) is 6.33 Å². The zero-order chi connectivity index (χ0) is 21.6. The number of ether oxygens (including phenoxy) is 1. The summed E-state index contributed by atoms with van der Waals surface area (Å²) in [6, 6.07) is 18.2. The number of fused-ring (bicyclic) bond motifs is 1. The molecule has 0 radical (unpaired) electrons. The van der Waals surface area contributed by atoms with Crippen LogP contribution in [0.15, 0.2) is 65.7 Å². The Labute approximate surface area is 185 Å². The van der Waals surface area contributed by atoms with Crippen LogP contribution < -0.4 is 15.6 Å².